The van der Waals surface area contributed by atoms with E-state index in [-0.39, 0.29) is 24.3 Å². The lowest BCUT2D eigenvalue weighted by atomic mass is 10.0. The van der Waals surface area contributed by atoms with E-state index in [1.54, 1.807) is 13.8 Å². The first kappa shape index (κ1) is 11.0. The summed E-state index contributed by atoms with van der Waals surface area (Å²) in [5, 5.41) is 8.97. The zero-order chi connectivity index (χ0) is 10.9. The van der Waals surface area contributed by atoms with Crippen LogP contribution in [0.3, 0.4) is 0 Å². The summed E-state index contributed by atoms with van der Waals surface area (Å²) < 4.78 is 0. The van der Waals surface area contributed by atoms with Crippen molar-refractivity contribution in [3.8, 4) is 0 Å². The first-order valence-corrected chi connectivity index (χ1v) is 4.71. The molecular formula is C9H16N2O3. The molecule has 1 aliphatic heterocycles. The number of aliphatic carboxylic acids is 1. The van der Waals surface area contributed by atoms with Crippen molar-refractivity contribution in [2.24, 2.45) is 11.7 Å². The number of rotatable bonds is 3. The standard InChI is InChI=1S/C9H16N2O3/c1-5(2)8(9(13)14)11-4-6(10)3-7(11)12/h5-6,8H,3-4,10H2,1-2H3,(H,13,14). The summed E-state index contributed by atoms with van der Waals surface area (Å²) in [6.07, 6.45) is 0.260. The largest absolute Gasteiger partial charge is 0.480 e. The van der Waals surface area contributed by atoms with E-state index >= 15 is 0 Å². The van der Waals surface area contributed by atoms with E-state index in [2.05, 4.69) is 0 Å². The van der Waals surface area contributed by atoms with Crippen LogP contribution in [0.2, 0.25) is 0 Å². The molecule has 1 aliphatic rings. The number of hydrogen-bond donors (Lipinski definition) is 2. The second-order valence-electron chi connectivity index (χ2n) is 4.04. The number of carbonyl (C=O) groups excluding carboxylic acids is 1. The number of amides is 1. The molecule has 5 nitrogen and oxygen atoms in total. The zero-order valence-corrected chi connectivity index (χ0v) is 8.43. The summed E-state index contributed by atoms with van der Waals surface area (Å²) in [5.74, 6) is -1.21. The van der Waals surface area contributed by atoms with Gasteiger partial charge in [0.25, 0.3) is 0 Å². The number of carbonyl (C=O) groups is 2. The Bertz CT molecular complexity index is 252. The zero-order valence-electron chi connectivity index (χ0n) is 8.43. The Balaban J connectivity index is 2.79. The lowest BCUT2D eigenvalue weighted by molar-refractivity contribution is -0.150. The van der Waals surface area contributed by atoms with E-state index in [4.69, 9.17) is 10.8 Å². The molecular weight excluding hydrogens is 184 g/mol. The van der Waals surface area contributed by atoms with Gasteiger partial charge in [0, 0.05) is 19.0 Å². The smallest absolute Gasteiger partial charge is 0.326 e. The first-order valence-electron chi connectivity index (χ1n) is 4.71. The van der Waals surface area contributed by atoms with E-state index in [1.165, 1.54) is 4.90 Å². The molecule has 3 N–H and O–H groups in total. The van der Waals surface area contributed by atoms with Gasteiger partial charge in [-0.3, -0.25) is 4.79 Å². The highest BCUT2D eigenvalue weighted by Crippen LogP contribution is 2.18. The summed E-state index contributed by atoms with van der Waals surface area (Å²) in [6, 6.07) is -0.959. The molecule has 80 valence electrons. The molecule has 2 atom stereocenters. The van der Waals surface area contributed by atoms with Gasteiger partial charge < -0.3 is 15.7 Å². The fourth-order valence-electron chi connectivity index (χ4n) is 1.81. The van der Waals surface area contributed by atoms with Crippen LogP contribution in [0.25, 0.3) is 0 Å². The van der Waals surface area contributed by atoms with E-state index < -0.39 is 12.0 Å². The Morgan fingerprint density at radius 2 is 2.21 bits per heavy atom. The molecule has 1 heterocycles. The van der Waals surface area contributed by atoms with E-state index in [9.17, 15) is 9.59 Å². The molecule has 14 heavy (non-hydrogen) atoms. The fourth-order valence-corrected chi connectivity index (χ4v) is 1.81. The number of nitrogens with two attached hydrogens (primary N) is 1. The predicted octanol–water partition coefficient (Wildman–Crippen LogP) is -0.345. The Hall–Kier alpha value is -1.10. The molecule has 1 fully saturated rings. The molecule has 0 radical (unpaired) electrons. The van der Waals surface area contributed by atoms with Gasteiger partial charge in [-0.2, -0.15) is 0 Å². The first-order chi connectivity index (χ1) is 6.43. The molecule has 0 aromatic rings. The monoisotopic (exact) mass is 200 g/mol. The van der Waals surface area contributed by atoms with Crippen molar-refractivity contribution in [2.75, 3.05) is 6.54 Å². The Morgan fingerprint density at radius 3 is 2.50 bits per heavy atom. The van der Waals surface area contributed by atoms with Crippen LogP contribution in [-0.2, 0) is 9.59 Å². The minimum absolute atomic E-state index is 0.0956. The van der Waals surface area contributed by atoms with Crippen molar-refractivity contribution in [3.05, 3.63) is 0 Å². The summed E-state index contributed by atoms with van der Waals surface area (Å²) in [7, 11) is 0. The summed E-state index contributed by atoms with van der Waals surface area (Å²) in [5.41, 5.74) is 5.60. The van der Waals surface area contributed by atoms with Crippen LogP contribution in [0.4, 0.5) is 0 Å². The molecule has 0 spiro atoms. The van der Waals surface area contributed by atoms with Crippen LogP contribution in [0, 0.1) is 5.92 Å². The van der Waals surface area contributed by atoms with Crippen molar-refractivity contribution in [2.45, 2.75) is 32.4 Å². The van der Waals surface area contributed by atoms with E-state index in [1.807, 2.05) is 0 Å². The van der Waals surface area contributed by atoms with Gasteiger partial charge in [0.05, 0.1) is 0 Å². The molecule has 0 saturated carbocycles. The summed E-state index contributed by atoms with van der Waals surface area (Å²) in [4.78, 5) is 23.7. The minimum atomic E-state index is -0.956. The van der Waals surface area contributed by atoms with Crippen molar-refractivity contribution >= 4 is 11.9 Å². The Kier molecular flexibility index (Phi) is 3.10. The topological polar surface area (TPSA) is 83.6 Å². The molecule has 5 heteroatoms. The molecule has 0 bridgehead atoms. The molecule has 1 saturated heterocycles. The van der Waals surface area contributed by atoms with Gasteiger partial charge in [0.15, 0.2) is 0 Å². The SMILES string of the molecule is CC(C)C(C(=O)O)N1CC(N)CC1=O. The van der Waals surface area contributed by atoms with Crippen molar-refractivity contribution in [3.63, 3.8) is 0 Å². The summed E-state index contributed by atoms with van der Waals surface area (Å²) >= 11 is 0. The maximum atomic E-state index is 11.4. The molecule has 2 unspecified atom stereocenters. The van der Waals surface area contributed by atoms with Crippen molar-refractivity contribution in [1.82, 2.24) is 4.90 Å². The highest BCUT2D eigenvalue weighted by atomic mass is 16.4. The average Bonchev–Trinajstić information content (AvgIpc) is 2.29. The fraction of sp³-hybridized carbons (Fsp3) is 0.778. The van der Waals surface area contributed by atoms with E-state index in [0.717, 1.165) is 0 Å². The van der Waals surface area contributed by atoms with Crippen LogP contribution in [0.15, 0.2) is 0 Å². The molecule has 0 aromatic carbocycles. The molecule has 1 rings (SSSR count). The van der Waals surface area contributed by atoms with Crippen molar-refractivity contribution in [1.29, 1.82) is 0 Å². The average molecular weight is 200 g/mol. The Morgan fingerprint density at radius 1 is 1.64 bits per heavy atom. The maximum absolute atomic E-state index is 11.4. The van der Waals surface area contributed by atoms with Gasteiger partial charge in [-0.15, -0.1) is 0 Å². The van der Waals surface area contributed by atoms with E-state index in [0.29, 0.717) is 6.54 Å². The van der Waals surface area contributed by atoms with Crippen LogP contribution < -0.4 is 5.73 Å². The maximum Gasteiger partial charge on any atom is 0.326 e. The number of nitrogens with zero attached hydrogens (tertiary/aromatic N) is 1. The lowest BCUT2D eigenvalue weighted by Crippen LogP contribution is -2.46. The quantitative estimate of drug-likeness (QED) is 0.652. The van der Waals surface area contributed by atoms with Gasteiger partial charge in [0.1, 0.15) is 6.04 Å². The molecule has 0 aliphatic carbocycles. The Labute approximate surface area is 82.9 Å². The number of likely N-dealkylation sites (tertiary alicyclic amines) is 1. The van der Waals surface area contributed by atoms with Crippen LogP contribution in [0.1, 0.15) is 20.3 Å². The normalized spacial score (nSPS) is 24.4. The highest BCUT2D eigenvalue weighted by molar-refractivity contribution is 5.85. The third-order valence-corrected chi connectivity index (χ3v) is 2.41. The van der Waals surface area contributed by atoms with Gasteiger partial charge >= 0.3 is 5.97 Å². The lowest BCUT2D eigenvalue weighted by Gasteiger charge is -2.27. The minimum Gasteiger partial charge on any atom is -0.480 e. The van der Waals surface area contributed by atoms with Crippen molar-refractivity contribution < 1.29 is 14.7 Å². The second kappa shape index (κ2) is 3.96. The third-order valence-electron chi connectivity index (χ3n) is 2.41. The van der Waals surface area contributed by atoms with Crippen LogP contribution in [-0.4, -0.2) is 40.5 Å². The molecule has 0 aromatic heterocycles. The van der Waals surface area contributed by atoms with Crippen LogP contribution >= 0.6 is 0 Å². The van der Waals surface area contributed by atoms with Gasteiger partial charge in [-0.1, -0.05) is 13.8 Å². The number of hydrogen-bond acceptors (Lipinski definition) is 3. The highest BCUT2D eigenvalue weighted by Gasteiger charge is 2.37. The summed E-state index contributed by atoms with van der Waals surface area (Å²) in [6.45, 7) is 3.93. The van der Waals surface area contributed by atoms with Gasteiger partial charge in [0.2, 0.25) is 5.91 Å². The second-order valence-corrected chi connectivity index (χ2v) is 4.04. The van der Waals surface area contributed by atoms with Gasteiger partial charge in [-0.25, -0.2) is 4.79 Å². The number of carboxylic acids is 1. The predicted molar refractivity (Wildman–Crippen MR) is 50.6 cm³/mol. The number of carboxylic acid groups (broad SMARTS) is 1. The molecule has 1 amide bonds. The van der Waals surface area contributed by atoms with Crippen LogP contribution in [0.5, 0.6) is 0 Å². The van der Waals surface area contributed by atoms with Gasteiger partial charge in [-0.05, 0) is 5.92 Å². The third kappa shape index (κ3) is 2.04.